The molecule has 0 saturated carbocycles. The van der Waals surface area contributed by atoms with Gasteiger partial charge in [-0.05, 0) is 33.4 Å². The molecule has 104 valence electrons. The van der Waals surface area contributed by atoms with Crippen LogP contribution < -0.4 is 5.32 Å². The highest BCUT2D eigenvalue weighted by molar-refractivity contribution is 7.90. The molecular weight excluding hydrogens is 236 g/mol. The highest BCUT2D eigenvalue weighted by Gasteiger charge is 2.19. The standard InChI is InChI=1S/C12H28N2O2S/c1-6-8-13-12(7-2)11(3)14(4)9-10-17(5,15)16/h11-13H,6-10H2,1-5H3. The maximum Gasteiger partial charge on any atom is 0.148 e. The van der Waals surface area contributed by atoms with E-state index in [-0.39, 0.29) is 5.75 Å². The molecule has 0 aromatic heterocycles. The van der Waals surface area contributed by atoms with Gasteiger partial charge in [0.2, 0.25) is 0 Å². The maximum absolute atomic E-state index is 11.1. The van der Waals surface area contributed by atoms with E-state index in [4.69, 9.17) is 0 Å². The minimum Gasteiger partial charge on any atom is -0.312 e. The van der Waals surface area contributed by atoms with E-state index in [2.05, 4.69) is 31.0 Å². The average Bonchev–Trinajstić information content (AvgIpc) is 2.25. The lowest BCUT2D eigenvalue weighted by molar-refractivity contribution is 0.212. The van der Waals surface area contributed by atoms with Crippen LogP contribution in [-0.2, 0) is 9.84 Å². The van der Waals surface area contributed by atoms with Crippen molar-refractivity contribution < 1.29 is 8.42 Å². The van der Waals surface area contributed by atoms with Gasteiger partial charge in [-0.1, -0.05) is 13.8 Å². The third-order valence-electron chi connectivity index (χ3n) is 3.19. The molecule has 0 amide bonds. The van der Waals surface area contributed by atoms with Crippen LogP contribution in [0, 0.1) is 0 Å². The molecule has 4 nitrogen and oxygen atoms in total. The van der Waals surface area contributed by atoms with Gasteiger partial charge < -0.3 is 10.2 Å². The molecule has 1 N–H and O–H groups in total. The molecule has 0 aliphatic heterocycles. The van der Waals surface area contributed by atoms with Crippen LogP contribution in [-0.4, -0.2) is 57.5 Å². The first-order valence-corrected chi connectivity index (χ1v) is 8.49. The Hall–Kier alpha value is -0.130. The average molecular weight is 264 g/mol. The third-order valence-corrected chi connectivity index (χ3v) is 4.11. The first-order valence-electron chi connectivity index (χ1n) is 6.43. The number of hydrogen-bond donors (Lipinski definition) is 1. The second kappa shape index (κ2) is 8.06. The number of hydrogen-bond acceptors (Lipinski definition) is 4. The Balaban J connectivity index is 4.20. The fraction of sp³-hybridized carbons (Fsp3) is 1.00. The summed E-state index contributed by atoms with van der Waals surface area (Å²) in [5.74, 6) is 0.234. The van der Waals surface area contributed by atoms with E-state index in [1.165, 1.54) is 6.26 Å². The Labute approximate surface area is 107 Å². The van der Waals surface area contributed by atoms with Gasteiger partial charge in [0, 0.05) is 24.9 Å². The molecule has 0 aromatic rings. The number of sulfone groups is 1. The minimum absolute atomic E-state index is 0.234. The van der Waals surface area contributed by atoms with Crippen molar-refractivity contribution in [1.29, 1.82) is 0 Å². The second-order valence-electron chi connectivity index (χ2n) is 4.82. The van der Waals surface area contributed by atoms with Crippen molar-refractivity contribution in [2.75, 3.05) is 32.1 Å². The molecule has 0 spiro atoms. The molecule has 17 heavy (non-hydrogen) atoms. The number of nitrogens with one attached hydrogen (secondary N) is 1. The summed E-state index contributed by atoms with van der Waals surface area (Å²) in [5.41, 5.74) is 0. The van der Waals surface area contributed by atoms with Crippen molar-refractivity contribution in [2.45, 2.75) is 45.7 Å². The van der Waals surface area contributed by atoms with E-state index in [9.17, 15) is 8.42 Å². The van der Waals surface area contributed by atoms with Crippen molar-refractivity contribution in [3.63, 3.8) is 0 Å². The lowest BCUT2D eigenvalue weighted by Crippen LogP contribution is -2.48. The molecular formula is C12H28N2O2S. The van der Waals surface area contributed by atoms with Crippen molar-refractivity contribution >= 4 is 9.84 Å². The molecule has 0 heterocycles. The molecule has 2 unspecified atom stereocenters. The summed E-state index contributed by atoms with van der Waals surface area (Å²) in [6.45, 7) is 8.08. The van der Waals surface area contributed by atoms with Crippen molar-refractivity contribution in [3.05, 3.63) is 0 Å². The topological polar surface area (TPSA) is 49.4 Å². The van der Waals surface area contributed by atoms with Crippen molar-refractivity contribution in [1.82, 2.24) is 10.2 Å². The van der Waals surface area contributed by atoms with Crippen LogP contribution in [0.1, 0.15) is 33.6 Å². The number of nitrogens with zero attached hydrogens (tertiary/aromatic N) is 1. The Morgan fingerprint density at radius 1 is 1.29 bits per heavy atom. The molecule has 0 aromatic carbocycles. The monoisotopic (exact) mass is 264 g/mol. The Morgan fingerprint density at radius 2 is 1.88 bits per heavy atom. The van der Waals surface area contributed by atoms with Gasteiger partial charge in [-0.2, -0.15) is 0 Å². The lowest BCUT2D eigenvalue weighted by atomic mass is 10.1. The summed E-state index contributed by atoms with van der Waals surface area (Å²) >= 11 is 0. The lowest BCUT2D eigenvalue weighted by Gasteiger charge is -2.32. The second-order valence-corrected chi connectivity index (χ2v) is 7.08. The highest BCUT2D eigenvalue weighted by atomic mass is 32.2. The first-order chi connectivity index (χ1) is 7.81. The quantitative estimate of drug-likeness (QED) is 0.678. The smallest absolute Gasteiger partial charge is 0.148 e. The van der Waals surface area contributed by atoms with Gasteiger partial charge in [0.15, 0.2) is 0 Å². The SMILES string of the molecule is CCCNC(CC)C(C)N(C)CCS(C)(=O)=O. The predicted molar refractivity (Wildman–Crippen MR) is 74.2 cm³/mol. The van der Waals surface area contributed by atoms with Gasteiger partial charge in [0.05, 0.1) is 5.75 Å². The fourth-order valence-electron chi connectivity index (χ4n) is 1.81. The summed E-state index contributed by atoms with van der Waals surface area (Å²) < 4.78 is 22.3. The van der Waals surface area contributed by atoms with Crippen molar-refractivity contribution in [3.8, 4) is 0 Å². The summed E-state index contributed by atoms with van der Waals surface area (Å²) in [6.07, 6.45) is 3.47. The molecule has 0 radical (unpaired) electrons. The summed E-state index contributed by atoms with van der Waals surface area (Å²) in [4.78, 5) is 2.12. The van der Waals surface area contributed by atoms with E-state index in [1.807, 2.05) is 7.05 Å². The van der Waals surface area contributed by atoms with E-state index in [1.54, 1.807) is 0 Å². The zero-order chi connectivity index (χ0) is 13.5. The summed E-state index contributed by atoms with van der Waals surface area (Å²) in [6, 6.07) is 0.785. The highest BCUT2D eigenvalue weighted by Crippen LogP contribution is 2.06. The van der Waals surface area contributed by atoms with Crippen molar-refractivity contribution in [2.24, 2.45) is 0 Å². The predicted octanol–water partition coefficient (Wildman–Crippen LogP) is 1.13. The maximum atomic E-state index is 11.1. The molecule has 2 atom stereocenters. The van der Waals surface area contributed by atoms with Gasteiger partial charge in [0.1, 0.15) is 9.84 Å². The number of likely N-dealkylation sites (N-methyl/N-ethyl adjacent to an activating group) is 1. The van der Waals surface area contributed by atoms with Gasteiger partial charge in [-0.25, -0.2) is 8.42 Å². The van der Waals surface area contributed by atoms with E-state index < -0.39 is 9.84 Å². The van der Waals surface area contributed by atoms with E-state index in [0.717, 1.165) is 19.4 Å². The third kappa shape index (κ3) is 7.73. The van der Waals surface area contributed by atoms with Gasteiger partial charge in [-0.15, -0.1) is 0 Å². The molecule has 0 rings (SSSR count). The number of rotatable bonds is 9. The van der Waals surface area contributed by atoms with Crippen LogP contribution in [0.3, 0.4) is 0 Å². The summed E-state index contributed by atoms with van der Waals surface area (Å²) in [5, 5.41) is 3.51. The van der Waals surface area contributed by atoms with Gasteiger partial charge >= 0.3 is 0 Å². The van der Waals surface area contributed by atoms with Crippen LogP contribution in [0.4, 0.5) is 0 Å². The minimum atomic E-state index is -2.86. The van der Waals surface area contributed by atoms with E-state index in [0.29, 0.717) is 18.6 Å². The Morgan fingerprint density at radius 3 is 2.29 bits per heavy atom. The van der Waals surface area contributed by atoms with Crippen LogP contribution in [0.2, 0.25) is 0 Å². The Bertz CT molecular complexity index is 291. The van der Waals surface area contributed by atoms with E-state index >= 15 is 0 Å². The van der Waals surface area contributed by atoms with Crippen LogP contribution in [0.5, 0.6) is 0 Å². The van der Waals surface area contributed by atoms with Gasteiger partial charge in [0.25, 0.3) is 0 Å². The first kappa shape index (κ1) is 16.9. The summed E-state index contributed by atoms with van der Waals surface area (Å²) in [7, 11) is -0.872. The van der Waals surface area contributed by atoms with Crippen LogP contribution in [0.25, 0.3) is 0 Å². The zero-order valence-corrected chi connectivity index (χ0v) is 12.7. The Kier molecular flexibility index (Phi) is 8.00. The molecule has 5 heteroatoms. The molecule has 0 aliphatic rings. The van der Waals surface area contributed by atoms with Crippen LogP contribution >= 0.6 is 0 Å². The normalized spacial score (nSPS) is 16.1. The molecule has 0 aliphatic carbocycles. The van der Waals surface area contributed by atoms with Gasteiger partial charge in [-0.3, -0.25) is 0 Å². The zero-order valence-electron chi connectivity index (χ0n) is 11.9. The van der Waals surface area contributed by atoms with Crippen LogP contribution in [0.15, 0.2) is 0 Å². The molecule has 0 saturated heterocycles. The molecule has 0 bridgehead atoms. The fourth-order valence-corrected chi connectivity index (χ4v) is 2.43. The largest absolute Gasteiger partial charge is 0.312 e. The molecule has 0 fully saturated rings.